The van der Waals surface area contributed by atoms with Gasteiger partial charge in [-0.05, 0) is 44.9 Å². The zero-order valence-corrected chi connectivity index (χ0v) is 18.2. The fourth-order valence-electron chi connectivity index (χ4n) is 3.84. The molecule has 31 heavy (non-hydrogen) atoms. The van der Waals surface area contributed by atoms with E-state index in [0.717, 1.165) is 35.6 Å². The van der Waals surface area contributed by atoms with Gasteiger partial charge in [-0.15, -0.1) is 0 Å². The monoisotopic (exact) mass is 418 g/mol. The van der Waals surface area contributed by atoms with Gasteiger partial charge in [-0.2, -0.15) is 0 Å². The summed E-state index contributed by atoms with van der Waals surface area (Å²) in [5, 5.41) is 6.94. The Hall–Kier alpha value is -3.61. The number of hydrogen-bond donors (Lipinski definition) is 1. The number of nitrogens with one attached hydrogen (secondary N) is 1. The normalized spacial score (nSPS) is 12.1. The predicted octanol–water partition coefficient (Wildman–Crippen LogP) is 4.38. The van der Waals surface area contributed by atoms with Crippen molar-refractivity contribution in [3.8, 4) is 5.75 Å². The van der Waals surface area contributed by atoms with Crippen LogP contribution in [-0.4, -0.2) is 27.7 Å². The minimum atomic E-state index is -0.310. The number of methoxy groups -OCH3 is 1. The predicted molar refractivity (Wildman–Crippen MR) is 118 cm³/mol. The SMILES string of the molecule is COc1ccc2nc(C(C)NC(=O)c3c(C)noc3C)n(CCc3ccccc3)c2c1. The van der Waals surface area contributed by atoms with Crippen molar-refractivity contribution in [3.05, 3.63) is 76.9 Å². The second-order valence-corrected chi connectivity index (χ2v) is 7.61. The van der Waals surface area contributed by atoms with E-state index in [2.05, 4.69) is 27.2 Å². The van der Waals surface area contributed by atoms with E-state index < -0.39 is 0 Å². The van der Waals surface area contributed by atoms with Gasteiger partial charge in [0, 0.05) is 12.6 Å². The summed E-state index contributed by atoms with van der Waals surface area (Å²) in [4.78, 5) is 17.7. The van der Waals surface area contributed by atoms with Crippen molar-refractivity contribution in [1.82, 2.24) is 20.0 Å². The standard InChI is InChI=1S/C24H26N4O3/c1-15-22(17(3)31-27-15)24(29)25-16(2)23-26-20-11-10-19(30-4)14-21(20)28(23)13-12-18-8-6-5-7-9-18/h5-11,14,16H,12-13H2,1-4H3,(H,25,29). The third-order valence-corrected chi connectivity index (χ3v) is 5.45. The number of ether oxygens (including phenoxy) is 1. The summed E-state index contributed by atoms with van der Waals surface area (Å²) in [6.45, 7) is 6.17. The summed E-state index contributed by atoms with van der Waals surface area (Å²) in [5.41, 5.74) is 4.13. The van der Waals surface area contributed by atoms with Crippen molar-refractivity contribution < 1.29 is 14.1 Å². The molecule has 1 atom stereocenters. The van der Waals surface area contributed by atoms with E-state index in [-0.39, 0.29) is 11.9 Å². The van der Waals surface area contributed by atoms with Crippen LogP contribution in [0.4, 0.5) is 0 Å². The number of amides is 1. The first-order chi connectivity index (χ1) is 15.0. The van der Waals surface area contributed by atoms with Crippen LogP contribution in [0.15, 0.2) is 53.1 Å². The highest BCUT2D eigenvalue weighted by Gasteiger charge is 2.23. The maximum Gasteiger partial charge on any atom is 0.257 e. The van der Waals surface area contributed by atoms with Crippen molar-refractivity contribution in [2.45, 2.75) is 39.8 Å². The molecule has 7 nitrogen and oxygen atoms in total. The lowest BCUT2D eigenvalue weighted by Gasteiger charge is -2.16. The molecule has 0 saturated carbocycles. The molecule has 0 spiro atoms. The van der Waals surface area contributed by atoms with Crippen LogP contribution >= 0.6 is 0 Å². The molecule has 4 rings (SSSR count). The van der Waals surface area contributed by atoms with Crippen molar-refractivity contribution in [2.24, 2.45) is 0 Å². The van der Waals surface area contributed by atoms with Crippen LogP contribution in [0, 0.1) is 13.8 Å². The van der Waals surface area contributed by atoms with Crippen molar-refractivity contribution in [1.29, 1.82) is 0 Å². The second-order valence-electron chi connectivity index (χ2n) is 7.61. The molecule has 4 aromatic rings. The molecule has 7 heteroatoms. The average molecular weight is 418 g/mol. The number of hydrogen-bond acceptors (Lipinski definition) is 5. The highest BCUT2D eigenvalue weighted by atomic mass is 16.5. The Labute approximate surface area is 181 Å². The van der Waals surface area contributed by atoms with Gasteiger partial charge in [0.05, 0.1) is 29.9 Å². The summed E-state index contributed by atoms with van der Waals surface area (Å²) < 4.78 is 12.7. The van der Waals surface area contributed by atoms with E-state index in [1.165, 1.54) is 5.56 Å². The van der Waals surface area contributed by atoms with Gasteiger partial charge in [0.25, 0.3) is 5.91 Å². The number of fused-ring (bicyclic) bond motifs is 1. The molecule has 1 unspecified atom stereocenters. The smallest absolute Gasteiger partial charge is 0.257 e. The van der Waals surface area contributed by atoms with E-state index in [1.54, 1.807) is 21.0 Å². The Morgan fingerprint density at radius 3 is 2.65 bits per heavy atom. The topological polar surface area (TPSA) is 82.2 Å². The zero-order chi connectivity index (χ0) is 22.0. The summed E-state index contributed by atoms with van der Waals surface area (Å²) in [6, 6.07) is 15.8. The van der Waals surface area contributed by atoms with Crippen LogP contribution in [0.5, 0.6) is 5.75 Å². The van der Waals surface area contributed by atoms with E-state index in [0.29, 0.717) is 17.0 Å². The molecule has 0 saturated heterocycles. The molecule has 0 aliphatic carbocycles. The first-order valence-corrected chi connectivity index (χ1v) is 10.3. The van der Waals surface area contributed by atoms with Crippen LogP contribution < -0.4 is 10.1 Å². The van der Waals surface area contributed by atoms with Gasteiger partial charge in [0.1, 0.15) is 22.9 Å². The summed E-state index contributed by atoms with van der Waals surface area (Å²) in [5.74, 6) is 1.85. The van der Waals surface area contributed by atoms with E-state index in [1.807, 2.05) is 43.3 Å². The van der Waals surface area contributed by atoms with E-state index >= 15 is 0 Å². The number of carbonyl (C=O) groups excluding carboxylic acids is 1. The second kappa shape index (κ2) is 8.63. The van der Waals surface area contributed by atoms with Gasteiger partial charge >= 0.3 is 0 Å². The van der Waals surface area contributed by atoms with E-state index in [4.69, 9.17) is 14.2 Å². The Morgan fingerprint density at radius 1 is 1.19 bits per heavy atom. The number of rotatable bonds is 7. The highest BCUT2D eigenvalue weighted by molar-refractivity contribution is 5.96. The Balaban J connectivity index is 1.67. The lowest BCUT2D eigenvalue weighted by atomic mass is 10.1. The number of aryl methyl sites for hydroxylation is 4. The molecule has 0 aliphatic rings. The largest absolute Gasteiger partial charge is 0.497 e. The Kier molecular flexibility index (Phi) is 5.75. The van der Waals surface area contributed by atoms with Crippen LogP contribution in [0.1, 0.15) is 46.2 Å². The number of aromatic nitrogens is 3. The third-order valence-electron chi connectivity index (χ3n) is 5.45. The first-order valence-electron chi connectivity index (χ1n) is 10.3. The molecule has 160 valence electrons. The summed E-state index contributed by atoms with van der Waals surface area (Å²) >= 11 is 0. The first kappa shape index (κ1) is 20.7. The molecule has 2 aromatic carbocycles. The fraction of sp³-hybridized carbons (Fsp3) is 0.292. The Bertz CT molecular complexity index is 1190. The molecule has 2 heterocycles. The molecule has 0 radical (unpaired) electrons. The van der Waals surface area contributed by atoms with Gasteiger partial charge in [-0.25, -0.2) is 4.98 Å². The molecular weight excluding hydrogens is 392 g/mol. The number of carbonyl (C=O) groups is 1. The molecule has 0 aliphatic heterocycles. The van der Waals surface area contributed by atoms with Crippen molar-refractivity contribution >= 4 is 16.9 Å². The molecule has 2 aromatic heterocycles. The summed E-state index contributed by atoms with van der Waals surface area (Å²) in [7, 11) is 1.65. The van der Waals surface area contributed by atoms with Gasteiger partial charge < -0.3 is 19.1 Å². The highest BCUT2D eigenvalue weighted by Crippen LogP contribution is 2.26. The lowest BCUT2D eigenvalue weighted by molar-refractivity contribution is 0.0935. The fourth-order valence-corrected chi connectivity index (χ4v) is 3.84. The maximum absolute atomic E-state index is 12.9. The van der Waals surface area contributed by atoms with Crippen molar-refractivity contribution in [3.63, 3.8) is 0 Å². The minimum absolute atomic E-state index is 0.219. The molecular formula is C24H26N4O3. The van der Waals surface area contributed by atoms with Crippen LogP contribution in [0.2, 0.25) is 0 Å². The van der Waals surface area contributed by atoms with Crippen LogP contribution in [0.3, 0.4) is 0 Å². The molecule has 0 fully saturated rings. The average Bonchev–Trinajstić information content (AvgIpc) is 3.31. The lowest BCUT2D eigenvalue weighted by Crippen LogP contribution is -2.29. The number of nitrogens with zero attached hydrogens (tertiary/aromatic N) is 3. The maximum atomic E-state index is 12.9. The van der Waals surface area contributed by atoms with Crippen LogP contribution in [-0.2, 0) is 13.0 Å². The van der Waals surface area contributed by atoms with Gasteiger partial charge in [0.2, 0.25) is 0 Å². The van der Waals surface area contributed by atoms with Gasteiger partial charge in [-0.1, -0.05) is 35.5 Å². The van der Waals surface area contributed by atoms with Crippen molar-refractivity contribution in [2.75, 3.05) is 7.11 Å². The third kappa shape index (κ3) is 4.17. The molecule has 1 amide bonds. The summed E-state index contributed by atoms with van der Waals surface area (Å²) in [6.07, 6.45) is 0.848. The van der Waals surface area contributed by atoms with Gasteiger partial charge in [-0.3, -0.25) is 4.79 Å². The zero-order valence-electron chi connectivity index (χ0n) is 18.2. The van der Waals surface area contributed by atoms with Gasteiger partial charge in [0.15, 0.2) is 0 Å². The number of benzene rings is 2. The van der Waals surface area contributed by atoms with E-state index in [9.17, 15) is 4.79 Å². The van der Waals surface area contributed by atoms with Crippen LogP contribution in [0.25, 0.3) is 11.0 Å². The quantitative estimate of drug-likeness (QED) is 0.482. The Morgan fingerprint density at radius 2 is 1.97 bits per heavy atom. The minimum Gasteiger partial charge on any atom is -0.497 e. The molecule has 1 N–H and O–H groups in total. The number of imidazole rings is 1. The molecule has 0 bridgehead atoms.